The number of hydrogen-bond acceptors (Lipinski definition) is 1. The van der Waals surface area contributed by atoms with Gasteiger partial charge in [-0.3, -0.25) is 0 Å². The van der Waals surface area contributed by atoms with Gasteiger partial charge in [-0.05, 0) is 55.1 Å². The molecule has 1 aromatic carbocycles. The van der Waals surface area contributed by atoms with Crippen LogP contribution in [0.2, 0.25) is 0 Å². The highest BCUT2D eigenvalue weighted by Crippen LogP contribution is 2.30. The van der Waals surface area contributed by atoms with Gasteiger partial charge in [-0.1, -0.05) is 52.0 Å². The summed E-state index contributed by atoms with van der Waals surface area (Å²) in [5, 5.41) is 3.83. The van der Waals surface area contributed by atoms with E-state index in [0.717, 1.165) is 11.8 Å². The molecule has 4 atom stereocenters. The predicted molar refractivity (Wildman–Crippen MR) is 88.0 cm³/mol. The first kappa shape index (κ1) is 15.6. The molecule has 0 amide bonds. The summed E-state index contributed by atoms with van der Waals surface area (Å²) in [6, 6.07) is 10.3. The zero-order valence-electron chi connectivity index (χ0n) is 13.8. The third-order valence-electron chi connectivity index (χ3n) is 5.19. The van der Waals surface area contributed by atoms with Crippen LogP contribution in [0.1, 0.15) is 77.0 Å². The van der Waals surface area contributed by atoms with Crippen molar-refractivity contribution in [2.75, 3.05) is 0 Å². The zero-order chi connectivity index (χ0) is 14.7. The van der Waals surface area contributed by atoms with Crippen molar-refractivity contribution in [3.05, 3.63) is 35.4 Å². The van der Waals surface area contributed by atoms with E-state index in [1.165, 1.54) is 30.4 Å². The maximum Gasteiger partial charge on any atom is 0.0294 e. The van der Waals surface area contributed by atoms with Crippen molar-refractivity contribution in [3.63, 3.8) is 0 Å². The van der Waals surface area contributed by atoms with Gasteiger partial charge in [0, 0.05) is 12.1 Å². The molecule has 0 radical (unpaired) electrons. The molecule has 1 aliphatic rings. The van der Waals surface area contributed by atoms with E-state index in [2.05, 4.69) is 64.2 Å². The number of benzene rings is 1. The molecular formula is C19H31N. The van der Waals surface area contributed by atoms with Gasteiger partial charge in [0.05, 0.1) is 0 Å². The lowest BCUT2D eigenvalue weighted by Crippen LogP contribution is -2.37. The second kappa shape index (κ2) is 6.76. The molecular weight excluding hydrogens is 242 g/mol. The maximum atomic E-state index is 3.83. The molecule has 0 spiro atoms. The second-order valence-electron chi connectivity index (χ2n) is 7.17. The molecule has 2 rings (SSSR count). The number of hydrogen-bond donors (Lipinski definition) is 1. The Balaban J connectivity index is 1.92. The van der Waals surface area contributed by atoms with E-state index in [9.17, 15) is 0 Å². The predicted octanol–water partition coefficient (Wildman–Crippen LogP) is 5.29. The lowest BCUT2D eigenvalue weighted by molar-refractivity contribution is 0.217. The maximum absolute atomic E-state index is 3.83. The summed E-state index contributed by atoms with van der Waals surface area (Å²) in [6.45, 7) is 11.6. The van der Waals surface area contributed by atoms with Crippen LogP contribution in [0.5, 0.6) is 0 Å². The normalized spacial score (nSPS) is 28.6. The molecule has 0 saturated heterocycles. The molecule has 1 saturated carbocycles. The Morgan fingerprint density at radius 2 is 1.50 bits per heavy atom. The van der Waals surface area contributed by atoms with Crippen molar-refractivity contribution < 1.29 is 0 Å². The SMILES string of the molecule is CC(C)c1ccc(C(C)NC2CCC(C)C(C)C2)cc1. The minimum Gasteiger partial charge on any atom is -0.307 e. The van der Waals surface area contributed by atoms with E-state index in [1.807, 2.05) is 0 Å². The summed E-state index contributed by atoms with van der Waals surface area (Å²) in [5.74, 6) is 2.37. The first-order chi connectivity index (χ1) is 9.47. The van der Waals surface area contributed by atoms with Crippen LogP contribution >= 0.6 is 0 Å². The molecule has 0 aliphatic heterocycles. The standard InChI is InChI=1S/C19H31N/c1-13(2)17-7-9-18(10-8-17)16(5)20-19-11-6-14(3)15(4)12-19/h7-10,13-16,19-20H,6,11-12H2,1-5H3. The lowest BCUT2D eigenvalue weighted by Gasteiger charge is -2.34. The molecule has 20 heavy (non-hydrogen) atoms. The van der Waals surface area contributed by atoms with E-state index in [4.69, 9.17) is 0 Å². The van der Waals surface area contributed by atoms with E-state index in [1.54, 1.807) is 0 Å². The van der Waals surface area contributed by atoms with Crippen molar-refractivity contribution in [2.45, 2.75) is 71.9 Å². The smallest absolute Gasteiger partial charge is 0.0294 e. The summed E-state index contributed by atoms with van der Waals surface area (Å²) >= 11 is 0. The van der Waals surface area contributed by atoms with Crippen LogP contribution in [-0.2, 0) is 0 Å². The fourth-order valence-electron chi connectivity index (χ4n) is 3.32. The van der Waals surface area contributed by atoms with E-state index in [-0.39, 0.29) is 0 Å². The molecule has 1 heteroatoms. The summed E-state index contributed by atoms with van der Waals surface area (Å²) < 4.78 is 0. The summed E-state index contributed by atoms with van der Waals surface area (Å²) in [7, 11) is 0. The second-order valence-corrected chi connectivity index (χ2v) is 7.17. The molecule has 1 aromatic rings. The number of nitrogens with one attached hydrogen (secondary N) is 1. The minimum atomic E-state index is 0.460. The fraction of sp³-hybridized carbons (Fsp3) is 0.684. The molecule has 1 aliphatic carbocycles. The molecule has 112 valence electrons. The van der Waals surface area contributed by atoms with Crippen molar-refractivity contribution in [3.8, 4) is 0 Å². The summed E-state index contributed by atoms with van der Waals surface area (Å²) in [4.78, 5) is 0. The molecule has 4 unspecified atom stereocenters. The van der Waals surface area contributed by atoms with Crippen LogP contribution < -0.4 is 5.32 Å². The molecule has 0 heterocycles. The van der Waals surface area contributed by atoms with Gasteiger partial charge in [0.2, 0.25) is 0 Å². The zero-order valence-corrected chi connectivity index (χ0v) is 13.8. The number of rotatable bonds is 4. The van der Waals surface area contributed by atoms with Gasteiger partial charge in [0.15, 0.2) is 0 Å². The fourth-order valence-corrected chi connectivity index (χ4v) is 3.32. The van der Waals surface area contributed by atoms with Crippen LogP contribution in [0.25, 0.3) is 0 Å². The molecule has 0 bridgehead atoms. The van der Waals surface area contributed by atoms with Gasteiger partial charge in [0.1, 0.15) is 0 Å². The van der Waals surface area contributed by atoms with Crippen molar-refractivity contribution >= 4 is 0 Å². The molecule has 1 N–H and O–H groups in total. The van der Waals surface area contributed by atoms with Gasteiger partial charge < -0.3 is 5.32 Å². The lowest BCUT2D eigenvalue weighted by atomic mass is 9.79. The van der Waals surface area contributed by atoms with Gasteiger partial charge >= 0.3 is 0 Å². The van der Waals surface area contributed by atoms with Crippen molar-refractivity contribution in [2.24, 2.45) is 11.8 Å². The van der Waals surface area contributed by atoms with Crippen LogP contribution in [0, 0.1) is 11.8 Å². The Kier molecular flexibility index (Phi) is 5.26. The quantitative estimate of drug-likeness (QED) is 0.786. The van der Waals surface area contributed by atoms with E-state index < -0.39 is 0 Å². The minimum absolute atomic E-state index is 0.460. The van der Waals surface area contributed by atoms with Crippen LogP contribution in [0.3, 0.4) is 0 Å². The Hall–Kier alpha value is -0.820. The topological polar surface area (TPSA) is 12.0 Å². The Morgan fingerprint density at radius 1 is 0.900 bits per heavy atom. The molecule has 1 nitrogen and oxygen atoms in total. The average Bonchev–Trinajstić information content (AvgIpc) is 2.43. The van der Waals surface area contributed by atoms with Crippen molar-refractivity contribution in [1.82, 2.24) is 5.32 Å². The third-order valence-corrected chi connectivity index (χ3v) is 5.19. The third kappa shape index (κ3) is 3.85. The van der Waals surface area contributed by atoms with Crippen LogP contribution in [0.4, 0.5) is 0 Å². The van der Waals surface area contributed by atoms with Gasteiger partial charge in [0.25, 0.3) is 0 Å². The monoisotopic (exact) mass is 273 g/mol. The Bertz CT molecular complexity index is 406. The Labute approximate surface area is 125 Å². The van der Waals surface area contributed by atoms with E-state index in [0.29, 0.717) is 18.0 Å². The van der Waals surface area contributed by atoms with Crippen LogP contribution in [0.15, 0.2) is 24.3 Å². The van der Waals surface area contributed by atoms with Gasteiger partial charge in [-0.25, -0.2) is 0 Å². The van der Waals surface area contributed by atoms with Gasteiger partial charge in [-0.2, -0.15) is 0 Å². The summed E-state index contributed by atoms with van der Waals surface area (Å²) in [5.41, 5.74) is 2.85. The first-order valence-electron chi connectivity index (χ1n) is 8.33. The van der Waals surface area contributed by atoms with Crippen molar-refractivity contribution in [1.29, 1.82) is 0 Å². The highest BCUT2D eigenvalue weighted by atomic mass is 14.9. The molecule has 1 fully saturated rings. The highest BCUT2D eigenvalue weighted by molar-refractivity contribution is 5.26. The van der Waals surface area contributed by atoms with Crippen LogP contribution in [-0.4, -0.2) is 6.04 Å². The first-order valence-corrected chi connectivity index (χ1v) is 8.33. The van der Waals surface area contributed by atoms with E-state index >= 15 is 0 Å². The largest absolute Gasteiger partial charge is 0.307 e. The molecule has 0 aromatic heterocycles. The highest BCUT2D eigenvalue weighted by Gasteiger charge is 2.25. The summed E-state index contributed by atoms with van der Waals surface area (Å²) in [6.07, 6.45) is 4.04. The Morgan fingerprint density at radius 3 is 2.05 bits per heavy atom. The van der Waals surface area contributed by atoms with Gasteiger partial charge in [-0.15, -0.1) is 0 Å². The average molecular weight is 273 g/mol.